The topological polar surface area (TPSA) is 40.8 Å². The Kier molecular flexibility index (Phi) is 3.73. The van der Waals surface area contributed by atoms with Gasteiger partial charge in [-0.15, -0.1) is 0 Å². The maximum atomic E-state index is 13.6. The molecule has 4 rings (SSSR count). The highest BCUT2D eigenvalue weighted by atomic mass is 19.2. The average Bonchev–Trinajstić information content (AvgIpc) is 3.00. The molecule has 5 nitrogen and oxygen atoms in total. The fourth-order valence-electron chi connectivity index (χ4n) is 3.10. The number of rotatable bonds is 2. The quantitative estimate of drug-likeness (QED) is 0.650. The summed E-state index contributed by atoms with van der Waals surface area (Å²) < 4.78 is 26.8. The molecule has 0 bridgehead atoms. The molecule has 1 saturated heterocycles. The highest BCUT2D eigenvalue weighted by molar-refractivity contribution is 6.11. The lowest BCUT2D eigenvalue weighted by Crippen LogP contribution is -2.34. The molecule has 2 aromatic carbocycles. The van der Waals surface area contributed by atoms with Crippen LogP contribution in [-0.2, 0) is 0 Å². The standard InChI is InChI=1S/C19H12F2N4O/c1-22-18-11-24(13-6-7-15(20)16(21)8-13)19(26)25(18)17-10-23-9-12-4-2-3-5-14(12)17/h2-10,18H,11H2/t18-/m1/s1. The third kappa shape index (κ3) is 2.43. The van der Waals surface area contributed by atoms with Crippen LogP contribution in [0.3, 0.4) is 0 Å². The van der Waals surface area contributed by atoms with Gasteiger partial charge in [-0.1, -0.05) is 24.3 Å². The van der Waals surface area contributed by atoms with Crippen LogP contribution in [0.4, 0.5) is 25.0 Å². The molecule has 3 aromatic rings. The Morgan fingerprint density at radius 1 is 1.12 bits per heavy atom. The van der Waals surface area contributed by atoms with Crippen molar-refractivity contribution in [3.63, 3.8) is 0 Å². The van der Waals surface area contributed by atoms with Crippen LogP contribution in [0.15, 0.2) is 54.9 Å². The lowest BCUT2D eigenvalue weighted by Gasteiger charge is -2.19. The van der Waals surface area contributed by atoms with Crippen molar-refractivity contribution >= 4 is 28.2 Å². The van der Waals surface area contributed by atoms with E-state index in [0.717, 1.165) is 22.9 Å². The number of nitrogens with zero attached hydrogens (tertiary/aromatic N) is 4. The Bertz CT molecular complexity index is 1060. The molecule has 2 heterocycles. The molecule has 1 atom stereocenters. The molecule has 0 aliphatic carbocycles. The Labute approximate surface area is 147 Å². The molecular formula is C19H12F2N4O. The monoisotopic (exact) mass is 350 g/mol. The maximum Gasteiger partial charge on any atom is 0.335 e. The number of anilines is 2. The molecule has 26 heavy (non-hydrogen) atoms. The van der Waals surface area contributed by atoms with Crippen LogP contribution in [0.2, 0.25) is 0 Å². The van der Waals surface area contributed by atoms with Crippen molar-refractivity contribution in [3.8, 4) is 0 Å². The second kappa shape index (κ2) is 6.08. The first-order chi connectivity index (χ1) is 12.6. The molecular weight excluding hydrogens is 338 g/mol. The zero-order chi connectivity index (χ0) is 18.3. The van der Waals surface area contributed by atoms with Crippen molar-refractivity contribution in [2.24, 2.45) is 0 Å². The van der Waals surface area contributed by atoms with Crippen LogP contribution in [0.1, 0.15) is 0 Å². The van der Waals surface area contributed by atoms with Gasteiger partial charge in [0.05, 0.1) is 11.9 Å². The number of carbonyl (C=O) groups is 1. The van der Waals surface area contributed by atoms with Gasteiger partial charge in [0.25, 0.3) is 0 Å². The summed E-state index contributed by atoms with van der Waals surface area (Å²) in [4.78, 5) is 23.3. The van der Waals surface area contributed by atoms with Crippen molar-refractivity contribution in [3.05, 3.63) is 77.9 Å². The summed E-state index contributed by atoms with van der Waals surface area (Å²) >= 11 is 0. The van der Waals surface area contributed by atoms with Gasteiger partial charge in [-0.25, -0.2) is 25.0 Å². The molecule has 2 amide bonds. The van der Waals surface area contributed by atoms with E-state index in [1.54, 1.807) is 6.20 Å². The summed E-state index contributed by atoms with van der Waals surface area (Å²) in [6, 6.07) is 10.2. The van der Waals surface area contributed by atoms with E-state index in [1.807, 2.05) is 24.3 Å². The lowest BCUT2D eigenvalue weighted by atomic mass is 10.1. The molecule has 0 spiro atoms. The first-order valence-electron chi connectivity index (χ1n) is 7.85. The Morgan fingerprint density at radius 2 is 1.92 bits per heavy atom. The van der Waals surface area contributed by atoms with Crippen LogP contribution in [0.5, 0.6) is 0 Å². The summed E-state index contributed by atoms with van der Waals surface area (Å²) in [6.45, 7) is 7.51. The Balaban J connectivity index is 1.80. The van der Waals surface area contributed by atoms with E-state index in [0.29, 0.717) is 5.69 Å². The van der Waals surface area contributed by atoms with Gasteiger partial charge < -0.3 is 0 Å². The number of carbonyl (C=O) groups excluding carboxylic acids is 1. The third-order valence-corrected chi connectivity index (χ3v) is 4.35. The number of urea groups is 1. The highest BCUT2D eigenvalue weighted by Crippen LogP contribution is 2.34. The fraction of sp³-hybridized carbons (Fsp3) is 0.105. The van der Waals surface area contributed by atoms with Crippen molar-refractivity contribution in [2.75, 3.05) is 16.3 Å². The first kappa shape index (κ1) is 16.0. The van der Waals surface area contributed by atoms with Gasteiger partial charge in [0, 0.05) is 28.7 Å². The normalized spacial score (nSPS) is 17.0. The minimum absolute atomic E-state index is 0.0522. The molecule has 1 aliphatic rings. The van der Waals surface area contributed by atoms with Crippen molar-refractivity contribution in [1.29, 1.82) is 0 Å². The van der Waals surface area contributed by atoms with Crippen LogP contribution in [0, 0.1) is 18.2 Å². The molecule has 1 aromatic heterocycles. The van der Waals surface area contributed by atoms with Gasteiger partial charge in [0.1, 0.15) is 6.54 Å². The largest absolute Gasteiger partial charge is 0.335 e. The number of halogens is 2. The summed E-state index contributed by atoms with van der Waals surface area (Å²) in [7, 11) is 0. The van der Waals surface area contributed by atoms with E-state index in [9.17, 15) is 13.6 Å². The SMILES string of the molecule is [C-]#[N+][C@H]1CN(c2ccc(F)c(F)c2)C(=O)N1c1cncc2ccccc12. The fourth-order valence-corrected chi connectivity index (χ4v) is 3.10. The van der Waals surface area contributed by atoms with E-state index < -0.39 is 23.8 Å². The zero-order valence-corrected chi connectivity index (χ0v) is 13.4. The highest BCUT2D eigenvalue weighted by Gasteiger charge is 2.44. The lowest BCUT2D eigenvalue weighted by molar-refractivity contribution is 0.255. The number of hydrogen-bond donors (Lipinski definition) is 0. The summed E-state index contributed by atoms with van der Waals surface area (Å²) in [5.41, 5.74) is 0.720. The van der Waals surface area contributed by atoms with Gasteiger partial charge in [-0.05, 0) is 12.1 Å². The summed E-state index contributed by atoms with van der Waals surface area (Å²) in [5, 5.41) is 1.63. The molecule has 0 N–H and O–H groups in total. The maximum absolute atomic E-state index is 13.6. The van der Waals surface area contributed by atoms with Crippen molar-refractivity contribution < 1.29 is 13.6 Å². The van der Waals surface area contributed by atoms with Crippen molar-refractivity contribution in [1.82, 2.24) is 4.98 Å². The molecule has 128 valence electrons. The molecule has 0 radical (unpaired) electrons. The van der Waals surface area contributed by atoms with Gasteiger partial charge in [0.15, 0.2) is 11.6 Å². The van der Waals surface area contributed by atoms with Crippen LogP contribution >= 0.6 is 0 Å². The van der Waals surface area contributed by atoms with Crippen LogP contribution in [-0.4, -0.2) is 23.7 Å². The summed E-state index contributed by atoms with van der Waals surface area (Å²) in [5.74, 6) is -2.03. The minimum atomic E-state index is -1.04. The van der Waals surface area contributed by atoms with E-state index in [4.69, 9.17) is 6.57 Å². The van der Waals surface area contributed by atoms with Crippen LogP contribution in [0.25, 0.3) is 15.6 Å². The third-order valence-electron chi connectivity index (χ3n) is 4.35. The van der Waals surface area contributed by atoms with Gasteiger partial charge in [0.2, 0.25) is 0 Å². The number of amides is 2. The molecule has 0 saturated carbocycles. The number of hydrogen-bond acceptors (Lipinski definition) is 2. The number of fused-ring (bicyclic) bond motifs is 1. The molecule has 7 heteroatoms. The molecule has 1 fully saturated rings. The smallest absolute Gasteiger partial charge is 0.287 e. The van der Waals surface area contributed by atoms with Gasteiger partial charge in [-0.2, -0.15) is 0 Å². The van der Waals surface area contributed by atoms with E-state index in [1.165, 1.54) is 22.1 Å². The minimum Gasteiger partial charge on any atom is -0.287 e. The average molecular weight is 350 g/mol. The predicted octanol–water partition coefficient (Wildman–Crippen LogP) is 4.20. The number of pyridine rings is 1. The van der Waals surface area contributed by atoms with Gasteiger partial charge >= 0.3 is 12.2 Å². The second-order valence-corrected chi connectivity index (χ2v) is 5.85. The molecule has 1 aliphatic heterocycles. The van der Waals surface area contributed by atoms with Crippen LogP contribution < -0.4 is 9.80 Å². The van der Waals surface area contributed by atoms with E-state index in [-0.39, 0.29) is 12.2 Å². The predicted molar refractivity (Wildman–Crippen MR) is 93.7 cm³/mol. The summed E-state index contributed by atoms with van der Waals surface area (Å²) in [6.07, 6.45) is 2.43. The zero-order valence-electron chi connectivity index (χ0n) is 13.4. The van der Waals surface area contributed by atoms with Crippen molar-refractivity contribution in [2.45, 2.75) is 6.17 Å². The number of benzene rings is 2. The Hall–Kier alpha value is -3.53. The van der Waals surface area contributed by atoms with Gasteiger partial charge in [-0.3, -0.25) is 14.7 Å². The van der Waals surface area contributed by atoms with E-state index in [2.05, 4.69) is 9.83 Å². The van der Waals surface area contributed by atoms with E-state index >= 15 is 0 Å². The molecule has 0 unspecified atom stereocenters. The first-order valence-corrected chi connectivity index (χ1v) is 7.85. The number of aromatic nitrogens is 1. The second-order valence-electron chi connectivity index (χ2n) is 5.85. The Morgan fingerprint density at radius 3 is 2.69 bits per heavy atom.